The molecule has 5 heteroatoms. The molecule has 4 rings (SSSR count). The summed E-state index contributed by atoms with van der Waals surface area (Å²) in [6.07, 6.45) is 4.02. The molecular formula is C20H23NO4. The van der Waals surface area contributed by atoms with Gasteiger partial charge in [0.1, 0.15) is 5.69 Å². The summed E-state index contributed by atoms with van der Waals surface area (Å²) in [5.41, 5.74) is 2.65. The van der Waals surface area contributed by atoms with Crippen molar-refractivity contribution in [3.63, 3.8) is 0 Å². The molecule has 0 N–H and O–H groups in total. The number of fused-ring (bicyclic) bond motifs is 3. The molecule has 2 aliphatic rings. The SMILES string of the molecule is COC[C@@H]1CC=CO[C@@]12O[C@@H](OC(C)C)c1cc3ccccc3nc12. The number of aromatic nitrogens is 1. The molecule has 5 nitrogen and oxygen atoms in total. The van der Waals surface area contributed by atoms with Gasteiger partial charge in [0.2, 0.25) is 0 Å². The zero-order valence-corrected chi connectivity index (χ0v) is 14.8. The Bertz CT molecular complexity index is 803. The lowest BCUT2D eigenvalue weighted by atomic mass is 9.90. The second-order valence-electron chi connectivity index (χ2n) is 6.80. The fraction of sp³-hybridized carbons (Fsp3) is 0.450. The van der Waals surface area contributed by atoms with Gasteiger partial charge in [-0.1, -0.05) is 18.2 Å². The summed E-state index contributed by atoms with van der Waals surface area (Å²) >= 11 is 0. The lowest BCUT2D eigenvalue weighted by Gasteiger charge is -2.37. The van der Waals surface area contributed by atoms with Crippen molar-refractivity contribution < 1.29 is 18.9 Å². The third kappa shape index (κ3) is 2.72. The molecule has 0 saturated carbocycles. The summed E-state index contributed by atoms with van der Waals surface area (Å²) in [4.78, 5) is 4.90. The van der Waals surface area contributed by atoms with Gasteiger partial charge < -0.3 is 18.9 Å². The molecule has 1 aromatic carbocycles. The predicted octanol–water partition coefficient (Wildman–Crippen LogP) is 4.04. The van der Waals surface area contributed by atoms with E-state index in [1.807, 2.05) is 44.2 Å². The maximum atomic E-state index is 6.37. The normalized spacial score (nSPS) is 27.8. The van der Waals surface area contributed by atoms with Crippen molar-refractivity contribution in [1.29, 1.82) is 0 Å². The molecule has 0 radical (unpaired) electrons. The quantitative estimate of drug-likeness (QED) is 0.840. The van der Waals surface area contributed by atoms with Crippen molar-refractivity contribution in [2.45, 2.75) is 38.4 Å². The van der Waals surface area contributed by atoms with E-state index in [1.54, 1.807) is 13.4 Å². The van der Waals surface area contributed by atoms with Crippen molar-refractivity contribution >= 4 is 10.9 Å². The summed E-state index contributed by atoms with van der Waals surface area (Å²) in [6, 6.07) is 10.2. The fourth-order valence-corrected chi connectivity index (χ4v) is 3.59. The number of hydrogen-bond donors (Lipinski definition) is 0. The van der Waals surface area contributed by atoms with Gasteiger partial charge in [-0.2, -0.15) is 0 Å². The highest BCUT2D eigenvalue weighted by Crippen LogP contribution is 2.51. The highest BCUT2D eigenvalue weighted by Gasteiger charge is 2.55. The Balaban J connectivity index is 1.88. The Hall–Kier alpha value is -1.95. The average Bonchev–Trinajstić information content (AvgIpc) is 2.88. The van der Waals surface area contributed by atoms with Crippen LogP contribution in [0.2, 0.25) is 0 Å². The second-order valence-corrected chi connectivity index (χ2v) is 6.80. The molecule has 1 aromatic heterocycles. The summed E-state index contributed by atoms with van der Waals surface area (Å²) in [7, 11) is 1.69. The highest BCUT2D eigenvalue weighted by molar-refractivity contribution is 5.79. The van der Waals surface area contributed by atoms with Crippen LogP contribution in [0.1, 0.15) is 37.8 Å². The first-order valence-electron chi connectivity index (χ1n) is 8.69. The first-order valence-corrected chi connectivity index (χ1v) is 8.69. The van der Waals surface area contributed by atoms with Crippen molar-refractivity contribution in [2.24, 2.45) is 5.92 Å². The molecule has 3 heterocycles. The van der Waals surface area contributed by atoms with Gasteiger partial charge in [0, 0.05) is 18.1 Å². The average molecular weight is 341 g/mol. The van der Waals surface area contributed by atoms with Crippen LogP contribution in [0, 0.1) is 5.92 Å². The predicted molar refractivity (Wildman–Crippen MR) is 93.7 cm³/mol. The molecule has 0 amide bonds. The van der Waals surface area contributed by atoms with E-state index < -0.39 is 12.1 Å². The highest BCUT2D eigenvalue weighted by atomic mass is 16.8. The third-order valence-corrected chi connectivity index (χ3v) is 4.68. The molecule has 2 aromatic rings. The van der Waals surface area contributed by atoms with Crippen LogP contribution in [0.5, 0.6) is 0 Å². The van der Waals surface area contributed by atoms with Crippen molar-refractivity contribution in [2.75, 3.05) is 13.7 Å². The van der Waals surface area contributed by atoms with Crippen LogP contribution in [0.15, 0.2) is 42.7 Å². The monoisotopic (exact) mass is 341 g/mol. The molecule has 25 heavy (non-hydrogen) atoms. The smallest absolute Gasteiger partial charge is 0.261 e. The van der Waals surface area contributed by atoms with Crippen molar-refractivity contribution in [3.05, 3.63) is 53.9 Å². The van der Waals surface area contributed by atoms with E-state index in [-0.39, 0.29) is 12.0 Å². The lowest BCUT2D eigenvalue weighted by Crippen LogP contribution is -2.41. The van der Waals surface area contributed by atoms with Gasteiger partial charge in [-0.05, 0) is 38.5 Å². The summed E-state index contributed by atoms with van der Waals surface area (Å²) < 4.78 is 23.9. The topological polar surface area (TPSA) is 49.8 Å². The van der Waals surface area contributed by atoms with Gasteiger partial charge in [0.25, 0.3) is 5.79 Å². The number of ether oxygens (including phenoxy) is 4. The van der Waals surface area contributed by atoms with E-state index in [1.165, 1.54) is 0 Å². The summed E-state index contributed by atoms with van der Waals surface area (Å²) in [5.74, 6) is -0.959. The molecule has 0 saturated heterocycles. The van der Waals surface area contributed by atoms with E-state index in [2.05, 4.69) is 6.07 Å². The Morgan fingerprint density at radius 1 is 1.32 bits per heavy atom. The van der Waals surface area contributed by atoms with Crippen LogP contribution in [0.25, 0.3) is 10.9 Å². The number of pyridine rings is 1. The van der Waals surface area contributed by atoms with Crippen LogP contribution < -0.4 is 0 Å². The molecule has 1 spiro atoms. The number of hydrogen-bond acceptors (Lipinski definition) is 5. The van der Waals surface area contributed by atoms with Crippen LogP contribution in [0.4, 0.5) is 0 Å². The maximum absolute atomic E-state index is 6.37. The molecule has 0 unspecified atom stereocenters. The van der Waals surface area contributed by atoms with Crippen LogP contribution in [0.3, 0.4) is 0 Å². The van der Waals surface area contributed by atoms with E-state index in [0.717, 1.165) is 28.6 Å². The standard InChI is InChI=1S/C20H23NO4/c1-13(2)24-19-16-11-14-7-4-5-9-17(14)21-18(16)20(25-19)15(12-22-3)8-6-10-23-20/h4-7,9-11,13,15,19H,8,12H2,1-3H3/t15-,19+,20+/m0/s1. The number of methoxy groups -OCH3 is 1. The first kappa shape index (κ1) is 16.5. The van der Waals surface area contributed by atoms with E-state index in [4.69, 9.17) is 23.9 Å². The number of allylic oxidation sites excluding steroid dienone is 1. The van der Waals surface area contributed by atoms with Gasteiger partial charge in [-0.3, -0.25) is 0 Å². The zero-order chi connectivity index (χ0) is 17.4. The Labute approximate surface area is 147 Å². The van der Waals surface area contributed by atoms with E-state index in [9.17, 15) is 0 Å². The van der Waals surface area contributed by atoms with Crippen LogP contribution in [-0.4, -0.2) is 24.8 Å². The van der Waals surface area contributed by atoms with Gasteiger partial charge >= 0.3 is 0 Å². The minimum Gasteiger partial charge on any atom is -0.464 e. The van der Waals surface area contributed by atoms with Crippen LogP contribution >= 0.6 is 0 Å². The molecule has 132 valence electrons. The van der Waals surface area contributed by atoms with E-state index in [0.29, 0.717) is 6.61 Å². The molecule has 0 bridgehead atoms. The largest absolute Gasteiger partial charge is 0.464 e. The molecule has 3 atom stereocenters. The Kier molecular flexibility index (Phi) is 4.23. The number of nitrogens with zero attached hydrogens (tertiary/aromatic N) is 1. The molecule has 0 fully saturated rings. The first-order chi connectivity index (χ1) is 12.1. The minimum absolute atomic E-state index is 0.00988. The van der Waals surface area contributed by atoms with Crippen molar-refractivity contribution in [3.8, 4) is 0 Å². The zero-order valence-electron chi connectivity index (χ0n) is 14.8. The number of rotatable bonds is 4. The Morgan fingerprint density at radius 2 is 2.16 bits per heavy atom. The van der Waals surface area contributed by atoms with Crippen LogP contribution in [-0.2, 0) is 24.7 Å². The number of para-hydroxylation sites is 1. The number of benzene rings is 1. The lowest BCUT2D eigenvalue weighted by molar-refractivity contribution is -0.321. The molecule has 2 aliphatic heterocycles. The summed E-state index contributed by atoms with van der Waals surface area (Å²) in [6.45, 7) is 4.51. The third-order valence-electron chi connectivity index (χ3n) is 4.68. The summed E-state index contributed by atoms with van der Waals surface area (Å²) in [5, 5.41) is 1.06. The van der Waals surface area contributed by atoms with Gasteiger partial charge in [-0.15, -0.1) is 0 Å². The maximum Gasteiger partial charge on any atom is 0.261 e. The van der Waals surface area contributed by atoms with E-state index >= 15 is 0 Å². The molecular weight excluding hydrogens is 318 g/mol. The Morgan fingerprint density at radius 3 is 2.96 bits per heavy atom. The van der Waals surface area contributed by atoms with Gasteiger partial charge in [-0.25, -0.2) is 4.98 Å². The molecule has 0 aliphatic carbocycles. The van der Waals surface area contributed by atoms with Crippen molar-refractivity contribution in [1.82, 2.24) is 4.98 Å². The van der Waals surface area contributed by atoms with Gasteiger partial charge in [0.05, 0.1) is 30.4 Å². The fourth-order valence-electron chi connectivity index (χ4n) is 3.59. The second kappa shape index (κ2) is 6.41. The minimum atomic E-state index is -0.969. The van der Waals surface area contributed by atoms with Gasteiger partial charge in [0.15, 0.2) is 6.29 Å².